The van der Waals surface area contributed by atoms with Gasteiger partial charge in [0.2, 0.25) is 5.91 Å². The average Bonchev–Trinajstić information content (AvgIpc) is 2.84. The predicted octanol–water partition coefficient (Wildman–Crippen LogP) is -0.182. The smallest absolute Gasteiger partial charge is 0.329 e. The van der Waals surface area contributed by atoms with Gasteiger partial charge in [-0.2, -0.15) is 0 Å². The van der Waals surface area contributed by atoms with Gasteiger partial charge in [-0.05, 0) is 31.6 Å². The molecule has 1 amide bonds. The van der Waals surface area contributed by atoms with E-state index in [9.17, 15) is 14.7 Å². The second kappa shape index (κ2) is 5.24. The van der Waals surface area contributed by atoms with Crippen molar-refractivity contribution in [2.24, 2.45) is 11.7 Å². The van der Waals surface area contributed by atoms with Crippen LogP contribution < -0.4 is 5.73 Å². The van der Waals surface area contributed by atoms with Crippen molar-refractivity contribution in [1.82, 2.24) is 4.90 Å². The normalized spacial score (nSPS) is 29.5. The van der Waals surface area contributed by atoms with Crippen LogP contribution in [0.15, 0.2) is 0 Å². The number of ether oxygens (including phenoxy) is 1. The summed E-state index contributed by atoms with van der Waals surface area (Å²) in [5, 5.41) is 9.66. The summed E-state index contributed by atoms with van der Waals surface area (Å²) in [5.41, 5.74) is 4.34. The number of carboxylic acids is 1. The molecule has 0 unspecified atom stereocenters. The maximum atomic E-state index is 11.9. The quantitative estimate of drug-likeness (QED) is 0.730. The molecular formula is C12H20N2O4. The van der Waals surface area contributed by atoms with Crippen LogP contribution in [0.3, 0.4) is 0 Å². The van der Waals surface area contributed by atoms with E-state index in [2.05, 4.69) is 0 Å². The molecule has 6 heteroatoms. The van der Waals surface area contributed by atoms with Gasteiger partial charge in [0.15, 0.2) is 0 Å². The number of rotatable bonds is 3. The first-order valence-corrected chi connectivity index (χ1v) is 6.44. The largest absolute Gasteiger partial charge is 0.479 e. The van der Waals surface area contributed by atoms with E-state index in [-0.39, 0.29) is 18.4 Å². The molecular weight excluding hydrogens is 236 g/mol. The van der Waals surface area contributed by atoms with Gasteiger partial charge >= 0.3 is 5.97 Å². The highest BCUT2D eigenvalue weighted by atomic mass is 16.5. The molecule has 0 spiro atoms. The highest BCUT2D eigenvalue weighted by Gasteiger charge is 2.54. The third-order valence-corrected chi connectivity index (χ3v) is 4.16. The number of nitrogens with two attached hydrogens (primary N) is 1. The zero-order chi connectivity index (χ0) is 13.2. The molecule has 2 fully saturated rings. The van der Waals surface area contributed by atoms with Crippen molar-refractivity contribution in [3.05, 3.63) is 0 Å². The van der Waals surface area contributed by atoms with E-state index < -0.39 is 11.5 Å². The molecule has 0 radical (unpaired) electrons. The average molecular weight is 256 g/mol. The Bertz CT molecular complexity index is 341. The Morgan fingerprint density at radius 3 is 2.61 bits per heavy atom. The van der Waals surface area contributed by atoms with Crippen molar-refractivity contribution in [2.75, 3.05) is 26.3 Å². The number of hydrogen-bond acceptors (Lipinski definition) is 4. The SMILES string of the molecule is NCC(=O)N1CCC[C@]1(C(=O)O)C1CCOCC1. The summed E-state index contributed by atoms with van der Waals surface area (Å²) in [7, 11) is 0. The zero-order valence-corrected chi connectivity index (χ0v) is 10.4. The van der Waals surface area contributed by atoms with Crippen LogP contribution >= 0.6 is 0 Å². The summed E-state index contributed by atoms with van der Waals surface area (Å²) in [6.07, 6.45) is 2.65. The maximum absolute atomic E-state index is 11.9. The van der Waals surface area contributed by atoms with E-state index in [1.165, 1.54) is 4.90 Å². The van der Waals surface area contributed by atoms with Crippen molar-refractivity contribution in [1.29, 1.82) is 0 Å². The molecule has 1 atom stereocenters. The van der Waals surface area contributed by atoms with Crippen LogP contribution in [-0.4, -0.2) is 53.7 Å². The number of nitrogens with zero attached hydrogens (tertiary/aromatic N) is 1. The molecule has 2 saturated heterocycles. The lowest BCUT2D eigenvalue weighted by Gasteiger charge is -2.42. The fraction of sp³-hybridized carbons (Fsp3) is 0.833. The van der Waals surface area contributed by atoms with Crippen LogP contribution in [0.1, 0.15) is 25.7 Å². The molecule has 0 bridgehead atoms. The van der Waals surface area contributed by atoms with Crippen LogP contribution in [0.25, 0.3) is 0 Å². The maximum Gasteiger partial charge on any atom is 0.329 e. The molecule has 3 N–H and O–H groups in total. The van der Waals surface area contributed by atoms with E-state index in [4.69, 9.17) is 10.5 Å². The monoisotopic (exact) mass is 256 g/mol. The fourth-order valence-electron chi connectivity index (χ4n) is 3.30. The van der Waals surface area contributed by atoms with Gasteiger partial charge in [0.25, 0.3) is 0 Å². The Kier molecular flexibility index (Phi) is 3.87. The van der Waals surface area contributed by atoms with Gasteiger partial charge in [-0.1, -0.05) is 0 Å². The van der Waals surface area contributed by atoms with Crippen molar-refractivity contribution in [2.45, 2.75) is 31.2 Å². The minimum Gasteiger partial charge on any atom is -0.479 e. The standard InChI is InChI=1S/C12H20N2O4/c13-8-10(15)14-5-1-4-12(14,11(16)17)9-2-6-18-7-3-9/h9H,1-8,13H2,(H,16,17)/t12-/m1/s1. The molecule has 0 aliphatic carbocycles. The number of aliphatic carboxylic acids is 1. The summed E-state index contributed by atoms with van der Waals surface area (Å²) in [5.74, 6) is -1.18. The lowest BCUT2D eigenvalue weighted by molar-refractivity contribution is -0.162. The predicted molar refractivity (Wildman–Crippen MR) is 63.9 cm³/mol. The Labute approximate surface area is 106 Å². The Morgan fingerprint density at radius 1 is 1.39 bits per heavy atom. The van der Waals surface area contributed by atoms with Crippen LogP contribution in [-0.2, 0) is 14.3 Å². The van der Waals surface area contributed by atoms with E-state index >= 15 is 0 Å². The van der Waals surface area contributed by atoms with Crippen molar-refractivity contribution < 1.29 is 19.4 Å². The molecule has 6 nitrogen and oxygen atoms in total. The van der Waals surface area contributed by atoms with Gasteiger partial charge in [0.1, 0.15) is 5.54 Å². The molecule has 2 aliphatic heterocycles. The second-order valence-electron chi connectivity index (χ2n) is 4.97. The van der Waals surface area contributed by atoms with Gasteiger partial charge in [0, 0.05) is 19.8 Å². The van der Waals surface area contributed by atoms with Gasteiger partial charge in [-0.15, -0.1) is 0 Å². The number of carbonyl (C=O) groups excluding carboxylic acids is 1. The molecule has 102 valence electrons. The van der Waals surface area contributed by atoms with Crippen LogP contribution in [0.5, 0.6) is 0 Å². The lowest BCUT2D eigenvalue weighted by atomic mass is 9.77. The van der Waals surface area contributed by atoms with Crippen LogP contribution in [0, 0.1) is 5.92 Å². The first-order chi connectivity index (χ1) is 8.63. The summed E-state index contributed by atoms with van der Waals surface area (Å²) in [6, 6.07) is 0. The molecule has 2 rings (SSSR count). The van der Waals surface area contributed by atoms with Crippen LogP contribution in [0.4, 0.5) is 0 Å². The van der Waals surface area contributed by atoms with E-state index in [0.717, 1.165) is 6.42 Å². The molecule has 0 aromatic heterocycles. The third-order valence-electron chi connectivity index (χ3n) is 4.16. The van der Waals surface area contributed by atoms with E-state index in [1.807, 2.05) is 0 Å². The van der Waals surface area contributed by atoms with E-state index in [1.54, 1.807) is 0 Å². The molecule has 18 heavy (non-hydrogen) atoms. The van der Waals surface area contributed by atoms with Gasteiger partial charge < -0.3 is 20.5 Å². The number of hydrogen-bond donors (Lipinski definition) is 2. The van der Waals surface area contributed by atoms with E-state index in [0.29, 0.717) is 39.0 Å². The van der Waals surface area contributed by atoms with Gasteiger partial charge in [-0.25, -0.2) is 4.79 Å². The fourth-order valence-corrected chi connectivity index (χ4v) is 3.30. The third kappa shape index (κ3) is 1.99. The number of likely N-dealkylation sites (tertiary alicyclic amines) is 1. The first-order valence-electron chi connectivity index (χ1n) is 6.44. The van der Waals surface area contributed by atoms with Gasteiger partial charge in [0.05, 0.1) is 6.54 Å². The first kappa shape index (κ1) is 13.3. The summed E-state index contributed by atoms with van der Waals surface area (Å²) >= 11 is 0. The summed E-state index contributed by atoms with van der Waals surface area (Å²) < 4.78 is 5.28. The van der Waals surface area contributed by atoms with Crippen LogP contribution in [0.2, 0.25) is 0 Å². The molecule has 0 aromatic carbocycles. The number of carboxylic acid groups (broad SMARTS) is 1. The Hall–Kier alpha value is -1.14. The summed E-state index contributed by atoms with van der Waals surface area (Å²) in [4.78, 5) is 25.2. The highest BCUT2D eigenvalue weighted by molar-refractivity contribution is 5.89. The number of carbonyl (C=O) groups is 2. The topological polar surface area (TPSA) is 92.9 Å². The van der Waals surface area contributed by atoms with Crippen molar-refractivity contribution >= 4 is 11.9 Å². The number of amides is 1. The van der Waals surface area contributed by atoms with Gasteiger partial charge in [-0.3, -0.25) is 4.79 Å². The highest BCUT2D eigenvalue weighted by Crippen LogP contribution is 2.41. The Balaban J connectivity index is 2.29. The molecule has 2 aliphatic rings. The Morgan fingerprint density at radius 2 is 2.06 bits per heavy atom. The lowest BCUT2D eigenvalue weighted by Crippen LogP contribution is -2.59. The molecule has 0 aromatic rings. The second-order valence-corrected chi connectivity index (χ2v) is 4.97. The zero-order valence-electron chi connectivity index (χ0n) is 10.4. The van der Waals surface area contributed by atoms with Crippen molar-refractivity contribution in [3.63, 3.8) is 0 Å². The molecule has 0 saturated carbocycles. The minimum atomic E-state index is -1.06. The van der Waals surface area contributed by atoms with Crippen molar-refractivity contribution in [3.8, 4) is 0 Å². The summed E-state index contributed by atoms with van der Waals surface area (Å²) in [6.45, 7) is 1.52. The molecule has 2 heterocycles. The minimum absolute atomic E-state index is 0.0262.